The lowest BCUT2D eigenvalue weighted by Crippen LogP contribution is -2.25. The maximum Gasteiger partial charge on any atom is 0.103 e. The second kappa shape index (κ2) is 6.24. The fourth-order valence-electron chi connectivity index (χ4n) is 1.99. The zero-order valence-corrected chi connectivity index (χ0v) is 11.2. The fraction of sp³-hybridized carbons (Fsp3) is 0.571. The number of pyridine rings is 1. The normalized spacial score (nSPS) is 10.1. The van der Waals surface area contributed by atoms with Gasteiger partial charge >= 0.3 is 0 Å². The molecule has 0 amide bonds. The predicted molar refractivity (Wildman–Crippen MR) is 71.2 cm³/mol. The van der Waals surface area contributed by atoms with Crippen molar-refractivity contribution in [3.05, 3.63) is 23.0 Å². The molecule has 0 bridgehead atoms. The lowest BCUT2D eigenvalue weighted by Gasteiger charge is -2.24. The summed E-state index contributed by atoms with van der Waals surface area (Å²) in [4.78, 5) is 6.62. The van der Waals surface area contributed by atoms with Crippen LogP contribution >= 0.6 is 0 Å². The van der Waals surface area contributed by atoms with Gasteiger partial charge < -0.3 is 4.90 Å². The van der Waals surface area contributed by atoms with E-state index in [-0.39, 0.29) is 0 Å². The average Bonchev–Trinajstić information content (AvgIpc) is 2.29. The highest BCUT2D eigenvalue weighted by atomic mass is 15.1. The summed E-state index contributed by atoms with van der Waals surface area (Å²) in [6.45, 7) is 10.1. The van der Waals surface area contributed by atoms with E-state index in [0.29, 0.717) is 5.56 Å². The first-order valence-corrected chi connectivity index (χ1v) is 6.27. The Balaban J connectivity index is 3.13. The van der Waals surface area contributed by atoms with Crippen molar-refractivity contribution >= 4 is 5.69 Å². The molecule has 1 aromatic rings. The number of unbranched alkanes of at least 4 members (excludes halogenated alkanes) is 1. The third kappa shape index (κ3) is 3.20. The molecule has 92 valence electrons. The van der Waals surface area contributed by atoms with E-state index in [1.807, 2.05) is 19.9 Å². The average molecular weight is 231 g/mol. The summed E-state index contributed by atoms with van der Waals surface area (Å²) in [6, 6.07) is 4.30. The SMILES string of the molecule is CCCCN(CC)c1cc(C)nc(C)c1C#N. The Labute approximate surface area is 104 Å². The van der Waals surface area contributed by atoms with Crippen molar-refractivity contribution in [2.75, 3.05) is 18.0 Å². The lowest BCUT2D eigenvalue weighted by atomic mass is 10.1. The molecule has 0 fully saturated rings. The zero-order chi connectivity index (χ0) is 12.8. The van der Waals surface area contributed by atoms with E-state index < -0.39 is 0 Å². The first-order chi connectivity index (χ1) is 8.13. The van der Waals surface area contributed by atoms with Crippen molar-refractivity contribution in [1.29, 1.82) is 5.26 Å². The number of aromatic nitrogens is 1. The van der Waals surface area contributed by atoms with Crippen LogP contribution < -0.4 is 4.90 Å². The van der Waals surface area contributed by atoms with Gasteiger partial charge in [-0.15, -0.1) is 0 Å². The van der Waals surface area contributed by atoms with Crippen molar-refractivity contribution in [2.24, 2.45) is 0 Å². The van der Waals surface area contributed by atoms with Crippen molar-refractivity contribution in [3.8, 4) is 6.07 Å². The summed E-state index contributed by atoms with van der Waals surface area (Å²) >= 11 is 0. The molecule has 0 aliphatic heterocycles. The minimum atomic E-state index is 0.716. The van der Waals surface area contributed by atoms with Crippen molar-refractivity contribution in [2.45, 2.75) is 40.5 Å². The molecule has 0 N–H and O–H groups in total. The Hall–Kier alpha value is -1.56. The van der Waals surface area contributed by atoms with Gasteiger partial charge in [0.05, 0.1) is 16.9 Å². The molecule has 3 nitrogen and oxygen atoms in total. The Morgan fingerprint density at radius 3 is 2.59 bits per heavy atom. The second-order valence-corrected chi connectivity index (χ2v) is 4.29. The van der Waals surface area contributed by atoms with Crippen LogP contribution in [-0.2, 0) is 0 Å². The van der Waals surface area contributed by atoms with Gasteiger partial charge in [0.1, 0.15) is 6.07 Å². The van der Waals surface area contributed by atoms with Gasteiger partial charge in [0, 0.05) is 18.8 Å². The smallest absolute Gasteiger partial charge is 0.103 e. The minimum absolute atomic E-state index is 0.716. The van der Waals surface area contributed by atoms with Gasteiger partial charge in [-0.2, -0.15) is 5.26 Å². The standard InChI is InChI=1S/C14H21N3/c1-5-7-8-17(6-2)14-9-11(3)16-12(4)13(14)10-15/h9H,5-8H2,1-4H3. The zero-order valence-electron chi connectivity index (χ0n) is 11.2. The molecule has 0 radical (unpaired) electrons. The van der Waals surface area contributed by atoms with Crippen LogP contribution in [0.2, 0.25) is 0 Å². The molecule has 0 spiro atoms. The first-order valence-electron chi connectivity index (χ1n) is 6.27. The molecule has 1 rings (SSSR count). The Bertz CT molecular complexity index is 418. The van der Waals surface area contributed by atoms with Crippen LogP contribution in [0.25, 0.3) is 0 Å². The molecule has 0 atom stereocenters. The second-order valence-electron chi connectivity index (χ2n) is 4.29. The van der Waals surface area contributed by atoms with Gasteiger partial charge in [-0.25, -0.2) is 0 Å². The molecular formula is C14H21N3. The molecule has 1 heterocycles. The Morgan fingerprint density at radius 1 is 1.35 bits per heavy atom. The predicted octanol–water partition coefficient (Wildman–Crippen LogP) is 3.20. The maximum absolute atomic E-state index is 9.24. The van der Waals surface area contributed by atoms with E-state index in [0.717, 1.165) is 36.6 Å². The molecular weight excluding hydrogens is 210 g/mol. The number of hydrogen-bond donors (Lipinski definition) is 0. The third-order valence-corrected chi connectivity index (χ3v) is 2.92. The summed E-state index contributed by atoms with van der Waals surface area (Å²) in [5.74, 6) is 0. The van der Waals surface area contributed by atoms with Crippen molar-refractivity contribution < 1.29 is 0 Å². The Morgan fingerprint density at radius 2 is 2.06 bits per heavy atom. The quantitative estimate of drug-likeness (QED) is 0.781. The van der Waals surface area contributed by atoms with E-state index >= 15 is 0 Å². The van der Waals surface area contributed by atoms with Crippen LogP contribution in [0.4, 0.5) is 5.69 Å². The molecule has 0 aromatic carbocycles. The van der Waals surface area contributed by atoms with Gasteiger partial charge in [-0.05, 0) is 33.3 Å². The van der Waals surface area contributed by atoms with Crippen LogP contribution in [-0.4, -0.2) is 18.1 Å². The maximum atomic E-state index is 9.24. The monoisotopic (exact) mass is 231 g/mol. The van der Waals surface area contributed by atoms with Crippen molar-refractivity contribution in [1.82, 2.24) is 4.98 Å². The van der Waals surface area contributed by atoms with Crippen LogP contribution in [0.1, 0.15) is 43.6 Å². The van der Waals surface area contributed by atoms with E-state index in [2.05, 4.69) is 29.8 Å². The molecule has 0 unspecified atom stereocenters. The first kappa shape index (κ1) is 13.5. The Kier molecular flexibility index (Phi) is 4.96. The molecule has 3 heteroatoms. The fourth-order valence-corrected chi connectivity index (χ4v) is 1.99. The van der Waals surface area contributed by atoms with Crippen LogP contribution in [0, 0.1) is 25.2 Å². The molecule has 0 saturated heterocycles. The van der Waals surface area contributed by atoms with Gasteiger partial charge in [0.15, 0.2) is 0 Å². The van der Waals surface area contributed by atoms with Gasteiger partial charge in [-0.1, -0.05) is 13.3 Å². The number of anilines is 1. The highest BCUT2D eigenvalue weighted by molar-refractivity contribution is 5.61. The van der Waals surface area contributed by atoms with Crippen LogP contribution in [0.5, 0.6) is 0 Å². The van der Waals surface area contributed by atoms with E-state index in [1.54, 1.807) is 0 Å². The topological polar surface area (TPSA) is 39.9 Å². The van der Waals surface area contributed by atoms with Gasteiger partial charge in [0.2, 0.25) is 0 Å². The third-order valence-electron chi connectivity index (χ3n) is 2.92. The van der Waals surface area contributed by atoms with E-state index in [9.17, 15) is 5.26 Å². The number of aryl methyl sites for hydroxylation is 2. The number of nitrogens with zero attached hydrogens (tertiary/aromatic N) is 3. The molecule has 0 saturated carbocycles. The summed E-state index contributed by atoms with van der Waals surface area (Å²) in [5, 5.41) is 9.24. The molecule has 0 aliphatic rings. The highest BCUT2D eigenvalue weighted by Gasteiger charge is 2.13. The number of nitriles is 1. The van der Waals surface area contributed by atoms with Crippen LogP contribution in [0.3, 0.4) is 0 Å². The van der Waals surface area contributed by atoms with Crippen LogP contribution in [0.15, 0.2) is 6.07 Å². The molecule has 1 aromatic heterocycles. The number of hydrogen-bond acceptors (Lipinski definition) is 3. The lowest BCUT2D eigenvalue weighted by molar-refractivity contribution is 0.730. The van der Waals surface area contributed by atoms with Gasteiger partial charge in [-0.3, -0.25) is 4.98 Å². The summed E-state index contributed by atoms with van der Waals surface area (Å²) < 4.78 is 0. The number of rotatable bonds is 5. The van der Waals surface area contributed by atoms with E-state index in [4.69, 9.17) is 0 Å². The van der Waals surface area contributed by atoms with Crippen molar-refractivity contribution in [3.63, 3.8) is 0 Å². The van der Waals surface area contributed by atoms with Gasteiger partial charge in [0.25, 0.3) is 0 Å². The summed E-state index contributed by atoms with van der Waals surface area (Å²) in [6.07, 6.45) is 2.32. The summed E-state index contributed by atoms with van der Waals surface area (Å²) in [5.41, 5.74) is 3.56. The highest BCUT2D eigenvalue weighted by Crippen LogP contribution is 2.23. The minimum Gasteiger partial charge on any atom is -0.371 e. The summed E-state index contributed by atoms with van der Waals surface area (Å²) in [7, 11) is 0. The van der Waals surface area contributed by atoms with E-state index in [1.165, 1.54) is 6.42 Å². The molecule has 0 aliphatic carbocycles. The largest absolute Gasteiger partial charge is 0.371 e. The molecule has 17 heavy (non-hydrogen) atoms.